The van der Waals surface area contributed by atoms with Crippen LogP contribution in [0.2, 0.25) is 0 Å². The highest BCUT2D eigenvalue weighted by atomic mass is 32.2. The summed E-state index contributed by atoms with van der Waals surface area (Å²) in [5, 5.41) is 9.80. The average Bonchev–Trinajstić information content (AvgIpc) is 2.50. The second-order valence-electron chi connectivity index (χ2n) is 4.93. The second-order valence-corrected chi connectivity index (χ2v) is 5.73. The van der Waals surface area contributed by atoms with Crippen LogP contribution in [0.4, 0.5) is 0 Å². The molecule has 1 aromatic carbocycles. The van der Waals surface area contributed by atoms with Crippen LogP contribution in [0.15, 0.2) is 16.0 Å². The number of hydrogen-bond donors (Lipinski definition) is 1. The number of ether oxygens (including phenoxy) is 1. The number of thioether (sulfide) groups is 1. The number of aromatic nitrogens is 2. The molecule has 0 aliphatic carbocycles. The van der Waals surface area contributed by atoms with Gasteiger partial charge >= 0.3 is 0 Å². The average molecular weight is 315 g/mol. The molecular formula is C16H17N3O2S. The lowest BCUT2D eigenvalue weighted by molar-refractivity contribution is 0.408. The summed E-state index contributed by atoms with van der Waals surface area (Å²) in [6.07, 6.45) is 1.82. The molecule has 2 aromatic rings. The Balaban J connectivity index is 2.86. The zero-order chi connectivity index (χ0) is 16.4. The van der Waals surface area contributed by atoms with Crippen LogP contribution >= 0.6 is 11.8 Å². The molecule has 0 aliphatic heterocycles. The fourth-order valence-electron chi connectivity index (χ4n) is 2.47. The van der Waals surface area contributed by atoms with Gasteiger partial charge in [-0.15, -0.1) is 0 Å². The van der Waals surface area contributed by atoms with Gasteiger partial charge in [-0.3, -0.25) is 4.79 Å². The van der Waals surface area contributed by atoms with Crippen molar-refractivity contribution in [3.8, 4) is 23.1 Å². The van der Waals surface area contributed by atoms with Crippen molar-refractivity contribution in [3.63, 3.8) is 0 Å². The van der Waals surface area contributed by atoms with E-state index in [1.807, 2.05) is 39.2 Å². The van der Waals surface area contributed by atoms with Crippen LogP contribution in [0.25, 0.3) is 11.3 Å². The summed E-state index contributed by atoms with van der Waals surface area (Å²) in [4.78, 5) is 19.1. The molecule has 0 amide bonds. The molecule has 6 heteroatoms. The summed E-state index contributed by atoms with van der Waals surface area (Å²) in [7, 11) is 1.63. The van der Waals surface area contributed by atoms with Gasteiger partial charge in [0.15, 0.2) is 5.16 Å². The summed E-state index contributed by atoms with van der Waals surface area (Å²) in [6.45, 7) is 5.83. The maximum absolute atomic E-state index is 12.1. The van der Waals surface area contributed by atoms with Crippen LogP contribution in [-0.4, -0.2) is 23.3 Å². The first kappa shape index (κ1) is 16.1. The summed E-state index contributed by atoms with van der Waals surface area (Å²) < 4.78 is 5.42. The van der Waals surface area contributed by atoms with Crippen molar-refractivity contribution in [3.05, 3.63) is 38.7 Å². The van der Waals surface area contributed by atoms with Crippen molar-refractivity contribution in [1.29, 1.82) is 5.26 Å². The molecule has 1 aromatic heterocycles. The first-order valence-electron chi connectivity index (χ1n) is 6.68. The molecule has 0 atom stereocenters. The van der Waals surface area contributed by atoms with E-state index in [1.165, 1.54) is 11.8 Å². The zero-order valence-electron chi connectivity index (χ0n) is 13.2. The summed E-state index contributed by atoms with van der Waals surface area (Å²) in [6, 6.07) is 3.87. The van der Waals surface area contributed by atoms with E-state index in [0.29, 0.717) is 10.9 Å². The molecule has 0 spiro atoms. The Labute approximate surface area is 133 Å². The van der Waals surface area contributed by atoms with E-state index in [0.717, 1.165) is 28.0 Å². The van der Waals surface area contributed by atoms with Gasteiger partial charge in [-0.25, -0.2) is 4.98 Å². The molecule has 0 saturated heterocycles. The smallest absolute Gasteiger partial charge is 0.270 e. The number of aryl methyl sites for hydroxylation is 1. The predicted molar refractivity (Wildman–Crippen MR) is 87.6 cm³/mol. The lowest BCUT2D eigenvalue weighted by Crippen LogP contribution is -2.15. The van der Waals surface area contributed by atoms with Gasteiger partial charge in [-0.2, -0.15) is 5.26 Å². The molecule has 0 fully saturated rings. The van der Waals surface area contributed by atoms with E-state index in [4.69, 9.17) is 4.74 Å². The molecule has 0 unspecified atom stereocenters. The van der Waals surface area contributed by atoms with Crippen LogP contribution in [-0.2, 0) is 0 Å². The number of rotatable bonds is 3. The molecule has 0 radical (unpaired) electrons. The molecule has 22 heavy (non-hydrogen) atoms. The number of H-pyrrole nitrogens is 1. The van der Waals surface area contributed by atoms with Crippen molar-refractivity contribution in [2.45, 2.75) is 25.9 Å². The largest absolute Gasteiger partial charge is 0.496 e. The van der Waals surface area contributed by atoms with Gasteiger partial charge in [-0.1, -0.05) is 11.8 Å². The van der Waals surface area contributed by atoms with Gasteiger partial charge in [0, 0.05) is 5.56 Å². The molecule has 0 bridgehead atoms. The molecular weight excluding hydrogens is 298 g/mol. The van der Waals surface area contributed by atoms with Gasteiger partial charge in [0.2, 0.25) is 0 Å². The quantitative estimate of drug-likeness (QED) is 0.696. The van der Waals surface area contributed by atoms with E-state index in [-0.39, 0.29) is 5.56 Å². The van der Waals surface area contributed by atoms with Crippen LogP contribution in [0.5, 0.6) is 5.75 Å². The second kappa shape index (κ2) is 6.24. The van der Waals surface area contributed by atoms with Gasteiger partial charge in [0.25, 0.3) is 5.56 Å². The number of nitrogens with zero attached hydrogens (tertiary/aromatic N) is 2. The van der Waals surface area contributed by atoms with Gasteiger partial charge in [0.1, 0.15) is 17.4 Å². The lowest BCUT2D eigenvalue weighted by Gasteiger charge is -2.16. The number of nitrogens with one attached hydrogen (secondary N) is 1. The Morgan fingerprint density at radius 2 is 2.00 bits per heavy atom. The highest BCUT2D eigenvalue weighted by molar-refractivity contribution is 7.98. The third-order valence-electron chi connectivity index (χ3n) is 3.69. The van der Waals surface area contributed by atoms with Crippen molar-refractivity contribution in [1.82, 2.24) is 9.97 Å². The number of methoxy groups -OCH3 is 1. The highest BCUT2D eigenvalue weighted by Gasteiger charge is 2.18. The Morgan fingerprint density at radius 3 is 2.55 bits per heavy atom. The number of aromatic amines is 1. The lowest BCUT2D eigenvalue weighted by atomic mass is 9.95. The first-order valence-corrected chi connectivity index (χ1v) is 7.90. The van der Waals surface area contributed by atoms with Crippen molar-refractivity contribution >= 4 is 11.8 Å². The predicted octanol–water partition coefficient (Wildman–Crippen LogP) is 2.96. The molecule has 0 saturated carbocycles. The third-order valence-corrected chi connectivity index (χ3v) is 4.27. The summed E-state index contributed by atoms with van der Waals surface area (Å²) in [5.41, 5.74) is 3.69. The molecule has 1 heterocycles. The zero-order valence-corrected chi connectivity index (χ0v) is 14.0. The van der Waals surface area contributed by atoms with E-state index in [2.05, 4.69) is 9.97 Å². The summed E-state index contributed by atoms with van der Waals surface area (Å²) >= 11 is 1.33. The maximum atomic E-state index is 12.1. The standard InChI is InChI=1S/C16H17N3O2S/c1-8-6-11(9(2)10(3)14(8)21-4)13-12(7-17)15(20)19-16(18-13)22-5/h6H,1-5H3,(H,18,19,20). The fraction of sp³-hybridized carbons (Fsp3) is 0.312. The number of hydrogen-bond acceptors (Lipinski definition) is 5. The Kier molecular flexibility index (Phi) is 4.57. The van der Waals surface area contributed by atoms with Crippen molar-refractivity contribution in [2.24, 2.45) is 0 Å². The van der Waals surface area contributed by atoms with E-state index >= 15 is 0 Å². The van der Waals surface area contributed by atoms with Gasteiger partial charge < -0.3 is 9.72 Å². The molecule has 1 N–H and O–H groups in total. The highest BCUT2D eigenvalue weighted by Crippen LogP contribution is 2.34. The van der Waals surface area contributed by atoms with Crippen LogP contribution in [0.3, 0.4) is 0 Å². The number of benzene rings is 1. The topological polar surface area (TPSA) is 78.8 Å². The molecule has 0 aliphatic rings. The Bertz CT molecular complexity index is 835. The van der Waals surface area contributed by atoms with Gasteiger partial charge in [-0.05, 0) is 49.8 Å². The minimum absolute atomic E-state index is 0.0323. The third kappa shape index (κ3) is 2.60. The SMILES string of the molecule is COc1c(C)cc(-c2nc(SC)[nH]c(=O)c2C#N)c(C)c1C. The fourth-order valence-corrected chi connectivity index (χ4v) is 2.84. The minimum atomic E-state index is -0.414. The molecule has 5 nitrogen and oxygen atoms in total. The minimum Gasteiger partial charge on any atom is -0.496 e. The van der Waals surface area contributed by atoms with E-state index < -0.39 is 5.56 Å². The van der Waals surface area contributed by atoms with Crippen LogP contribution < -0.4 is 10.3 Å². The molecule has 2 rings (SSSR count). The monoisotopic (exact) mass is 315 g/mol. The van der Waals surface area contributed by atoms with Crippen molar-refractivity contribution < 1.29 is 4.74 Å². The Hall–Kier alpha value is -2.26. The molecule has 114 valence electrons. The Morgan fingerprint density at radius 1 is 1.32 bits per heavy atom. The normalized spacial score (nSPS) is 10.4. The summed E-state index contributed by atoms with van der Waals surface area (Å²) in [5.74, 6) is 0.815. The van der Waals surface area contributed by atoms with Crippen molar-refractivity contribution in [2.75, 3.05) is 13.4 Å². The van der Waals surface area contributed by atoms with Gasteiger partial charge in [0.05, 0.1) is 12.8 Å². The van der Waals surface area contributed by atoms with Crippen LogP contribution in [0.1, 0.15) is 22.3 Å². The maximum Gasteiger partial charge on any atom is 0.270 e. The number of nitriles is 1. The van der Waals surface area contributed by atoms with Crippen LogP contribution in [0, 0.1) is 32.1 Å². The van der Waals surface area contributed by atoms with E-state index in [1.54, 1.807) is 7.11 Å². The van der Waals surface area contributed by atoms with E-state index in [9.17, 15) is 10.1 Å². The first-order chi connectivity index (χ1) is 10.4.